The first-order valence-corrected chi connectivity index (χ1v) is 9.83. The summed E-state index contributed by atoms with van der Waals surface area (Å²) in [6, 6.07) is 22.9. The Bertz CT molecular complexity index is 1090. The first-order chi connectivity index (χ1) is 14.6. The van der Waals surface area contributed by atoms with Crippen LogP contribution in [0.25, 0.3) is 11.6 Å². The second-order valence-corrected chi connectivity index (χ2v) is 7.08. The molecular formula is C23H17BrN2O4. The van der Waals surface area contributed by atoms with Gasteiger partial charge in [-0.1, -0.05) is 34.1 Å². The molecule has 0 N–H and O–H groups in total. The lowest BCUT2D eigenvalue weighted by Crippen LogP contribution is -2.09. The Kier molecular flexibility index (Phi) is 7.19. The van der Waals surface area contributed by atoms with Crippen LogP contribution in [-0.2, 0) is 0 Å². The van der Waals surface area contributed by atoms with Gasteiger partial charge in [-0.25, -0.2) is 0 Å². The van der Waals surface area contributed by atoms with Crippen LogP contribution in [-0.4, -0.2) is 18.1 Å². The van der Waals surface area contributed by atoms with Crippen molar-refractivity contribution in [1.82, 2.24) is 0 Å². The third-order valence-corrected chi connectivity index (χ3v) is 4.68. The van der Waals surface area contributed by atoms with Gasteiger partial charge in [0, 0.05) is 22.2 Å². The van der Waals surface area contributed by atoms with Gasteiger partial charge in [0.2, 0.25) is 0 Å². The highest BCUT2D eigenvalue weighted by Crippen LogP contribution is 2.26. The molecule has 3 aromatic rings. The zero-order valence-electron chi connectivity index (χ0n) is 15.8. The molecule has 150 valence electrons. The normalized spacial score (nSPS) is 10.9. The maximum Gasteiger partial charge on any atom is 0.269 e. The van der Waals surface area contributed by atoms with Crippen LogP contribution in [0.1, 0.15) is 11.1 Å². The van der Waals surface area contributed by atoms with Crippen LogP contribution in [0, 0.1) is 21.4 Å². The molecule has 0 spiro atoms. The van der Waals surface area contributed by atoms with Gasteiger partial charge < -0.3 is 9.47 Å². The molecule has 0 unspecified atom stereocenters. The first kappa shape index (κ1) is 21.1. The summed E-state index contributed by atoms with van der Waals surface area (Å²) in [6.45, 7) is 0.702. The first-order valence-electron chi connectivity index (χ1n) is 9.03. The van der Waals surface area contributed by atoms with Crippen LogP contribution in [0.3, 0.4) is 0 Å². The number of para-hydroxylation sites is 1. The number of non-ortho nitro benzene ring substituents is 1. The molecule has 6 nitrogen and oxygen atoms in total. The van der Waals surface area contributed by atoms with Crippen molar-refractivity contribution >= 4 is 33.3 Å². The van der Waals surface area contributed by atoms with Crippen LogP contribution in [0.5, 0.6) is 11.5 Å². The Hall–Kier alpha value is -3.63. The Labute approximate surface area is 182 Å². The van der Waals surface area contributed by atoms with Crippen LogP contribution in [0.2, 0.25) is 0 Å². The average molecular weight is 465 g/mol. The van der Waals surface area contributed by atoms with E-state index < -0.39 is 4.92 Å². The van der Waals surface area contributed by atoms with E-state index in [9.17, 15) is 15.4 Å². The van der Waals surface area contributed by atoms with Crippen molar-refractivity contribution in [3.8, 4) is 17.6 Å². The zero-order chi connectivity index (χ0) is 21.3. The number of rotatable bonds is 8. The van der Waals surface area contributed by atoms with Gasteiger partial charge in [0.1, 0.15) is 24.7 Å². The number of nitriles is 1. The van der Waals surface area contributed by atoms with E-state index in [2.05, 4.69) is 22.0 Å². The van der Waals surface area contributed by atoms with Crippen molar-refractivity contribution in [2.75, 3.05) is 13.2 Å². The van der Waals surface area contributed by atoms with Crippen LogP contribution in [0.4, 0.5) is 5.69 Å². The van der Waals surface area contributed by atoms with Crippen LogP contribution >= 0.6 is 15.9 Å². The number of nitro groups is 1. The SMILES string of the molecule is N#C/C(=C/c1ccccc1OCCOc1ccc(Br)cc1)c1ccc([N+](=O)[O-])cc1. The van der Waals surface area contributed by atoms with E-state index in [0.29, 0.717) is 30.1 Å². The van der Waals surface area contributed by atoms with E-state index in [1.807, 2.05) is 48.5 Å². The second kappa shape index (κ2) is 10.2. The van der Waals surface area contributed by atoms with E-state index in [-0.39, 0.29) is 5.69 Å². The van der Waals surface area contributed by atoms with Crippen LogP contribution < -0.4 is 9.47 Å². The highest BCUT2D eigenvalue weighted by Gasteiger charge is 2.08. The Morgan fingerprint density at radius 1 is 1.00 bits per heavy atom. The summed E-state index contributed by atoms with van der Waals surface area (Å²) < 4.78 is 12.5. The van der Waals surface area contributed by atoms with Gasteiger partial charge in [-0.15, -0.1) is 0 Å². The Balaban J connectivity index is 1.69. The van der Waals surface area contributed by atoms with Gasteiger partial charge in [-0.3, -0.25) is 10.1 Å². The molecule has 0 amide bonds. The quantitative estimate of drug-likeness (QED) is 0.136. The van der Waals surface area contributed by atoms with Crippen LogP contribution in [0.15, 0.2) is 77.3 Å². The number of nitro benzene ring substituents is 1. The molecule has 0 radical (unpaired) electrons. The molecule has 0 aliphatic heterocycles. The number of nitrogens with zero attached hydrogens (tertiary/aromatic N) is 2. The van der Waals surface area contributed by atoms with Crippen molar-refractivity contribution in [2.45, 2.75) is 0 Å². The van der Waals surface area contributed by atoms with Crippen molar-refractivity contribution in [2.24, 2.45) is 0 Å². The minimum Gasteiger partial charge on any atom is -0.490 e. The van der Waals surface area contributed by atoms with Crippen molar-refractivity contribution < 1.29 is 14.4 Å². The molecule has 0 saturated carbocycles. The molecule has 7 heteroatoms. The number of benzene rings is 3. The lowest BCUT2D eigenvalue weighted by molar-refractivity contribution is -0.384. The Morgan fingerprint density at radius 3 is 2.33 bits per heavy atom. The molecule has 0 atom stereocenters. The van der Waals surface area contributed by atoms with Crippen molar-refractivity contribution in [3.05, 3.63) is 98.5 Å². The molecule has 3 rings (SSSR count). The highest BCUT2D eigenvalue weighted by atomic mass is 79.9. The standard InChI is InChI=1S/C23H17BrN2O4/c24-20-7-11-22(12-8-20)29-13-14-30-23-4-2-1-3-18(23)15-19(16-25)17-5-9-21(10-6-17)26(27)28/h1-12,15H,13-14H2/b19-15-. The number of hydrogen-bond acceptors (Lipinski definition) is 5. The molecule has 30 heavy (non-hydrogen) atoms. The number of halogens is 1. The molecular weight excluding hydrogens is 448 g/mol. The molecule has 0 saturated heterocycles. The number of ether oxygens (including phenoxy) is 2. The molecule has 3 aromatic carbocycles. The smallest absolute Gasteiger partial charge is 0.269 e. The van der Waals surface area contributed by atoms with E-state index in [1.54, 1.807) is 18.2 Å². The third-order valence-electron chi connectivity index (χ3n) is 4.15. The van der Waals surface area contributed by atoms with Crippen molar-refractivity contribution in [3.63, 3.8) is 0 Å². The number of hydrogen-bond donors (Lipinski definition) is 0. The number of allylic oxidation sites excluding steroid dienone is 1. The van der Waals surface area contributed by atoms with E-state index in [0.717, 1.165) is 15.8 Å². The van der Waals surface area contributed by atoms with Gasteiger partial charge in [0.05, 0.1) is 16.6 Å². The fraction of sp³-hybridized carbons (Fsp3) is 0.0870. The van der Waals surface area contributed by atoms with Gasteiger partial charge in [0.25, 0.3) is 5.69 Å². The van der Waals surface area contributed by atoms with Gasteiger partial charge in [-0.05, 0) is 54.1 Å². The average Bonchev–Trinajstić information content (AvgIpc) is 2.77. The van der Waals surface area contributed by atoms with E-state index >= 15 is 0 Å². The molecule has 0 heterocycles. The van der Waals surface area contributed by atoms with E-state index in [1.165, 1.54) is 12.1 Å². The maximum atomic E-state index is 10.8. The monoisotopic (exact) mass is 464 g/mol. The summed E-state index contributed by atoms with van der Waals surface area (Å²) in [5.41, 5.74) is 1.69. The minimum atomic E-state index is -0.473. The highest BCUT2D eigenvalue weighted by molar-refractivity contribution is 9.10. The molecule has 0 aliphatic carbocycles. The summed E-state index contributed by atoms with van der Waals surface area (Å²) >= 11 is 3.38. The van der Waals surface area contributed by atoms with Gasteiger partial charge >= 0.3 is 0 Å². The minimum absolute atomic E-state index is 0.0226. The lowest BCUT2D eigenvalue weighted by Gasteiger charge is -2.11. The van der Waals surface area contributed by atoms with Crippen molar-refractivity contribution in [1.29, 1.82) is 5.26 Å². The molecule has 0 bridgehead atoms. The summed E-state index contributed by atoms with van der Waals surface area (Å²) in [4.78, 5) is 10.3. The fourth-order valence-corrected chi connectivity index (χ4v) is 2.94. The Morgan fingerprint density at radius 2 is 1.67 bits per heavy atom. The summed E-state index contributed by atoms with van der Waals surface area (Å²) in [6.07, 6.45) is 1.70. The summed E-state index contributed by atoms with van der Waals surface area (Å²) in [7, 11) is 0. The summed E-state index contributed by atoms with van der Waals surface area (Å²) in [5.74, 6) is 1.37. The maximum absolute atomic E-state index is 10.8. The van der Waals surface area contributed by atoms with Gasteiger partial charge in [-0.2, -0.15) is 5.26 Å². The topological polar surface area (TPSA) is 85.4 Å². The zero-order valence-corrected chi connectivity index (χ0v) is 17.4. The summed E-state index contributed by atoms with van der Waals surface area (Å²) in [5, 5.41) is 20.4. The molecule has 0 aromatic heterocycles. The molecule has 0 aliphatic rings. The largest absolute Gasteiger partial charge is 0.490 e. The second-order valence-electron chi connectivity index (χ2n) is 6.16. The van der Waals surface area contributed by atoms with E-state index in [4.69, 9.17) is 9.47 Å². The predicted octanol–water partition coefficient (Wildman–Crippen LogP) is 5.88. The van der Waals surface area contributed by atoms with Gasteiger partial charge in [0.15, 0.2) is 0 Å². The third kappa shape index (κ3) is 5.69. The predicted molar refractivity (Wildman–Crippen MR) is 118 cm³/mol. The fourth-order valence-electron chi connectivity index (χ4n) is 2.67. The lowest BCUT2D eigenvalue weighted by atomic mass is 10.0. The molecule has 0 fully saturated rings.